The summed E-state index contributed by atoms with van der Waals surface area (Å²) in [5.41, 5.74) is -1.52. The van der Waals surface area contributed by atoms with Gasteiger partial charge in [-0.25, -0.2) is 9.59 Å². The van der Waals surface area contributed by atoms with Crippen LogP contribution in [0.15, 0.2) is 24.3 Å². The number of ether oxygens (including phenoxy) is 3. The minimum absolute atomic E-state index is 0.0516. The number of hydrogen-bond acceptors (Lipinski definition) is 7. The number of carbonyl (C=O) groups excluding carboxylic acids is 3. The van der Waals surface area contributed by atoms with Gasteiger partial charge in [0, 0.05) is 0 Å². The Labute approximate surface area is 197 Å². The van der Waals surface area contributed by atoms with Crippen LogP contribution >= 0.6 is 0 Å². The van der Waals surface area contributed by atoms with Crippen LogP contribution in [-0.4, -0.2) is 46.0 Å². The van der Waals surface area contributed by atoms with Gasteiger partial charge in [0.25, 0.3) is 0 Å². The van der Waals surface area contributed by atoms with Crippen molar-refractivity contribution in [3.05, 3.63) is 29.8 Å². The highest BCUT2D eigenvalue weighted by Gasteiger charge is 2.35. The Bertz CT molecular complexity index is 811. The molecule has 1 rings (SSSR count). The minimum Gasteiger partial charge on any atom is -0.508 e. The van der Waals surface area contributed by atoms with E-state index in [2.05, 4.69) is 5.32 Å². The van der Waals surface area contributed by atoms with Gasteiger partial charge in [0.05, 0.1) is 5.92 Å². The number of benzene rings is 1. The maximum atomic E-state index is 13.0. The Kier molecular flexibility index (Phi) is 9.33. The van der Waals surface area contributed by atoms with Crippen LogP contribution in [0.2, 0.25) is 0 Å². The molecule has 0 heterocycles. The molecule has 0 aliphatic carbocycles. The summed E-state index contributed by atoms with van der Waals surface area (Å²) in [5, 5.41) is 12.1. The van der Waals surface area contributed by atoms with Gasteiger partial charge in [0.2, 0.25) is 0 Å². The zero-order valence-corrected chi connectivity index (χ0v) is 21.3. The van der Waals surface area contributed by atoms with E-state index in [1.54, 1.807) is 74.4 Å². The number of hydrogen-bond donors (Lipinski definition) is 2. The van der Waals surface area contributed by atoms with Crippen molar-refractivity contribution < 1.29 is 33.7 Å². The van der Waals surface area contributed by atoms with E-state index in [1.807, 2.05) is 0 Å². The van der Waals surface area contributed by atoms with E-state index in [1.165, 1.54) is 12.1 Å². The highest BCUT2D eigenvalue weighted by atomic mass is 16.6. The van der Waals surface area contributed by atoms with Crippen LogP contribution in [0.25, 0.3) is 0 Å². The summed E-state index contributed by atoms with van der Waals surface area (Å²) in [5.74, 6) is -1.84. The van der Waals surface area contributed by atoms with Crippen LogP contribution < -0.4 is 5.32 Å². The predicted molar refractivity (Wildman–Crippen MR) is 125 cm³/mol. The van der Waals surface area contributed by atoms with Gasteiger partial charge in [0.15, 0.2) is 0 Å². The molecule has 0 aliphatic rings. The molecule has 0 aromatic heterocycles. The normalized spacial score (nSPS) is 14.1. The van der Waals surface area contributed by atoms with Crippen molar-refractivity contribution in [3.63, 3.8) is 0 Å². The van der Waals surface area contributed by atoms with E-state index in [4.69, 9.17) is 14.2 Å². The fraction of sp³-hybridized carbons (Fsp3) is 0.640. The molecule has 0 spiro atoms. The Morgan fingerprint density at radius 3 is 1.70 bits per heavy atom. The van der Waals surface area contributed by atoms with Gasteiger partial charge in [-0.2, -0.15) is 0 Å². The number of esters is 2. The van der Waals surface area contributed by atoms with Gasteiger partial charge in [-0.05, 0) is 92.9 Å². The topological polar surface area (TPSA) is 111 Å². The molecule has 2 atom stereocenters. The minimum atomic E-state index is -1.13. The summed E-state index contributed by atoms with van der Waals surface area (Å²) in [6.45, 7) is 15.6. The van der Waals surface area contributed by atoms with Gasteiger partial charge in [-0.3, -0.25) is 4.79 Å². The van der Waals surface area contributed by atoms with Crippen molar-refractivity contribution in [1.82, 2.24) is 5.32 Å². The maximum absolute atomic E-state index is 13.0. The molecule has 0 aliphatic heterocycles. The average Bonchev–Trinajstić information content (AvgIpc) is 2.57. The summed E-state index contributed by atoms with van der Waals surface area (Å²) >= 11 is 0. The molecule has 0 bridgehead atoms. The van der Waals surface area contributed by atoms with E-state index in [9.17, 15) is 19.5 Å². The first-order valence-electron chi connectivity index (χ1n) is 11.1. The summed E-state index contributed by atoms with van der Waals surface area (Å²) in [6.07, 6.45) is -0.597. The highest BCUT2D eigenvalue weighted by Crippen LogP contribution is 2.23. The molecule has 0 saturated heterocycles. The first kappa shape index (κ1) is 28.3. The molecule has 1 aromatic carbocycles. The molecular formula is C25H39NO7. The highest BCUT2D eigenvalue weighted by molar-refractivity contribution is 5.83. The van der Waals surface area contributed by atoms with E-state index >= 15 is 0 Å². The Morgan fingerprint density at radius 1 is 0.788 bits per heavy atom. The summed E-state index contributed by atoms with van der Waals surface area (Å²) in [7, 11) is 0. The lowest BCUT2D eigenvalue weighted by atomic mass is 9.92. The lowest BCUT2D eigenvalue weighted by Gasteiger charge is -2.29. The lowest BCUT2D eigenvalue weighted by Crippen LogP contribution is -2.48. The number of alkyl carbamates (subject to hydrolysis) is 1. The Balaban J connectivity index is 3.21. The molecule has 33 heavy (non-hydrogen) atoms. The van der Waals surface area contributed by atoms with Crippen molar-refractivity contribution in [2.75, 3.05) is 0 Å². The van der Waals surface area contributed by atoms with Crippen LogP contribution in [-0.2, 0) is 30.2 Å². The smallest absolute Gasteiger partial charge is 0.408 e. The van der Waals surface area contributed by atoms with E-state index < -0.39 is 46.8 Å². The third-order valence-electron chi connectivity index (χ3n) is 4.06. The maximum Gasteiger partial charge on any atom is 0.408 e. The number of phenols is 1. The fourth-order valence-corrected chi connectivity index (χ4v) is 2.89. The van der Waals surface area contributed by atoms with Crippen molar-refractivity contribution in [2.24, 2.45) is 5.92 Å². The van der Waals surface area contributed by atoms with E-state index in [0.29, 0.717) is 0 Å². The number of amides is 1. The molecule has 1 aromatic rings. The second kappa shape index (κ2) is 10.9. The number of carbonyl (C=O) groups is 3. The quantitative estimate of drug-likeness (QED) is 0.450. The van der Waals surface area contributed by atoms with Crippen molar-refractivity contribution in [1.29, 1.82) is 0 Å². The first-order valence-corrected chi connectivity index (χ1v) is 11.1. The van der Waals surface area contributed by atoms with Gasteiger partial charge in [-0.15, -0.1) is 0 Å². The van der Waals surface area contributed by atoms with Crippen molar-refractivity contribution in [2.45, 2.75) is 98.0 Å². The largest absolute Gasteiger partial charge is 0.508 e. The predicted octanol–water partition coefficient (Wildman–Crippen LogP) is 4.52. The molecule has 8 heteroatoms. The molecule has 0 saturated carbocycles. The van der Waals surface area contributed by atoms with E-state index in [0.717, 1.165) is 5.56 Å². The summed E-state index contributed by atoms with van der Waals surface area (Å²) in [6, 6.07) is 5.29. The van der Waals surface area contributed by atoms with Gasteiger partial charge < -0.3 is 24.6 Å². The first-order chi connectivity index (χ1) is 14.8. The van der Waals surface area contributed by atoms with Crippen LogP contribution in [0.3, 0.4) is 0 Å². The van der Waals surface area contributed by atoms with Crippen molar-refractivity contribution >= 4 is 18.0 Å². The van der Waals surface area contributed by atoms with Crippen LogP contribution in [0, 0.1) is 5.92 Å². The number of aromatic hydroxyl groups is 1. The van der Waals surface area contributed by atoms with Crippen LogP contribution in [0.5, 0.6) is 5.75 Å². The molecule has 8 nitrogen and oxygen atoms in total. The van der Waals surface area contributed by atoms with Crippen LogP contribution in [0.1, 0.15) is 74.3 Å². The van der Waals surface area contributed by atoms with Gasteiger partial charge >= 0.3 is 18.0 Å². The summed E-state index contributed by atoms with van der Waals surface area (Å²) < 4.78 is 16.4. The summed E-state index contributed by atoms with van der Waals surface area (Å²) in [4.78, 5) is 38.4. The number of nitrogens with one attached hydrogen (secondary N) is 1. The molecule has 186 valence electrons. The van der Waals surface area contributed by atoms with Crippen LogP contribution in [0.4, 0.5) is 4.79 Å². The molecule has 1 amide bonds. The average molecular weight is 466 g/mol. The Hall–Kier alpha value is -2.77. The van der Waals surface area contributed by atoms with Gasteiger partial charge in [-0.1, -0.05) is 12.1 Å². The zero-order valence-electron chi connectivity index (χ0n) is 21.3. The second-order valence-corrected chi connectivity index (χ2v) is 11.1. The standard InChI is InChI=1S/C25H39NO7/c1-23(2,3)31-20(28)17(14-16-10-12-18(27)13-11-16)15-19(21(29)32-24(4,5)6)26-22(30)33-25(7,8)9/h10-13,17,19,27H,14-15H2,1-9H3,(H,26,30). The third-order valence-corrected chi connectivity index (χ3v) is 4.06. The number of phenolic OH excluding ortho intramolecular Hbond substituents is 1. The number of rotatable bonds is 7. The fourth-order valence-electron chi connectivity index (χ4n) is 2.89. The molecular weight excluding hydrogens is 426 g/mol. The van der Waals surface area contributed by atoms with Crippen molar-refractivity contribution in [3.8, 4) is 5.75 Å². The molecule has 0 radical (unpaired) electrons. The van der Waals surface area contributed by atoms with E-state index in [-0.39, 0.29) is 18.6 Å². The lowest BCUT2D eigenvalue weighted by molar-refractivity contribution is -0.162. The zero-order chi connectivity index (χ0) is 25.6. The third kappa shape index (κ3) is 12.2. The van der Waals surface area contributed by atoms with Gasteiger partial charge in [0.1, 0.15) is 28.6 Å². The molecule has 0 fully saturated rings. The molecule has 2 unspecified atom stereocenters. The second-order valence-electron chi connectivity index (χ2n) is 11.1. The monoisotopic (exact) mass is 465 g/mol. The SMILES string of the molecule is CC(C)(C)OC(=O)NC(CC(Cc1ccc(O)cc1)C(=O)OC(C)(C)C)C(=O)OC(C)(C)C. The Morgan fingerprint density at radius 2 is 1.24 bits per heavy atom. The molecule has 2 N–H and O–H groups in total.